The number of rotatable bonds is 5. The van der Waals surface area contributed by atoms with E-state index >= 15 is 0 Å². The second-order valence-electron chi connectivity index (χ2n) is 3.74. The number of hydrogen-bond donors (Lipinski definition) is 2. The van der Waals surface area contributed by atoms with Crippen molar-refractivity contribution in [3.8, 4) is 0 Å². The summed E-state index contributed by atoms with van der Waals surface area (Å²) in [5.41, 5.74) is 0.925. The zero-order chi connectivity index (χ0) is 12.8. The van der Waals surface area contributed by atoms with E-state index in [2.05, 4.69) is 10.3 Å². The Kier molecular flexibility index (Phi) is 4.45. The molecule has 0 aliphatic rings. The maximum atomic E-state index is 11.3. The molecule has 17 heavy (non-hydrogen) atoms. The average molecular weight is 237 g/mol. The molecule has 1 amide bonds. The van der Waals surface area contributed by atoms with Crippen molar-refractivity contribution >= 4 is 23.4 Å². The Hall–Kier alpha value is -2.11. The first-order chi connectivity index (χ1) is 7.99. The number of carboxylic acids is 1. The molecular weight excluding hydrogens is 222 g/mol. The van der Waals surface area contributed by atoms with Crippen molar-refractivity contribution in [2.45, 2.75) is 12.8 Å². The highest BCUT2D eigenvalue weighted by Gasteiger charge is 2.06. The summed E-state index contributed by atoms with van der Waals surface area (Å²) in [5.74, 6) is -0.917. The second kappa shape index (κ2) is 5.83. The number of amides is 1. The number of nitrogens with zero attached hydrogens (tertiary/aromatic N) is 2. The molecule has 0 fully saturated rings. The van der Waals surface area contributed by atoms with Crippen molar-refractivity contribution < 1.29 is 14.7 Å². The third-order valence-corrected chi connectivity index (χ3v) is 2.10. The van der Waals surface area contributed by atoms with Gasteiger partial charge in [-0.1, -0.05) is 0 Å². The van der Waals surface area contributed by atoms with Gasteiger partial charge in [0.05, 0.1) is 18.3 Å². The van der Waals surface area contributed by atoms with E-state index in [0.29, 0.717) is 5.82 Å². The predicted molar refractivity (Wildman–Crippen MR) is 64.1 cm³/mol. The van der Waals surface area contributed by atoms with Crippen molar-refractivity contribution in [1.29, 1.82) is 0 Å². The first kappa shape index (κ1) is 13.0. The van der Waals surface area contributed by atoms with Crippen molar-refractivity contribution in [3.05, 3.63) is 18.3 Å². The molecule has 6 heteroatoms. The topological polar surface area (TPSA) is 82.5 Å². The van der Waals surface area contributed by atoms with Crippen molar-refractivity contribution in [1.82, 2.24) is 4.98 Å². The number of hydrogen-bond acceptors (Lipinski definition) is 4. The minimum atomic E-state index is -0.990. The molecule has 1 heterocycles. The minimum Gasteiger partial charge on any atom is -0.481 e. The molecule has 6 nitrogen and oxygen atoms in total. The van der Waals surface area contributed by atoms with Gasteiger partial charge < -0.3 is 15.3 Å². The Balaban J connectivity index is 2.51. The number of carboxylic acid groups (broad SMARTS) is 1. The quantitative estimate of drug-likeness (QED) is 0.796. The Morgan fingerprint density at radius 3 is 2.53 bits per heavy atom. The zero-order valence-electron chi connectivity index (χ0n) is 9.80. The van der Waals surface area contributed by atoms with Gasteiger partial charge in [0.15, 0.2) is 0 Å². The van der Waals surface area contributed by atoms with E-state index in [9.17, 15) is 9.59 Å². The van der Waals surface area contributed by atoms with Crippen LogP contribution < -0.4 is 10.2 Å². The molecule has 0 atom stereocenters. The van der Waals surface area contributed by atoms with Crippen LogP contribution in [0.2, 0.25) is 0 Å². The van der Waals surface area contributed by atoms with Gasteiger partial charge in [0.2, 0.25) is 5.91 Å². The normalized spacial score (nSPS) is 9.76. The number of carbonyl (C=O) groups excluding carboxylic acids is 1. The molecule has 0 aromatic carbocycles. The maximum absolute atomic E-state index is 11.3. The first-order valence-corrected chi connectivity index (χ1v) is 5.14. The smallest absolute Gasteiger partial charge is 0.303 e. The molecular formula is C11H15N3O3. The summed E-state index contributed by atoms with van der Waals surface area (Å²) >= 11 is 0. The summed E-state index contributed by atoms with van der Waals surface area (Å²) in [6, 6.07) is 3.49. The van der Waals surface area contributed by atoms with Gasteiger partial charge in [-0.2, -0.15) is 0 Å². The van der Waals surface area contributed by atoms with E-state index < -0.39 is 5.97 Å². The number of anilines is 2. The summed E-state index contributed by atoms with van der Waals surface area (Å²) in [7, 11) is 3.78. The van der Waals surface area contributed by atoms with E-state index in [1.807, 2.05) is 25.1 Å². The lowest BCUT2D eigenvalue weighted by Gasteiger charge is -2.12. The van der Waals surface area contributed by atoms with Crippen LogP contribution in [-0.4, -0.2) is 36.1 Å². The fraction of sp³-hybridized carbons (Fsp3) is 0.364. The maximum Gasteiger partial charge on any atom is 0.303 e. The summed E-state index contributed by atoms with van der Waals surface area (Å²) in [6.07, 6.45) is 1.40. The van der Waals surface area contributed by atoms with Crippen LogP contribution in [0.4, 0.5) is 11.5 Å². The molecule has 92 valence electrons. The third kappa shape index (κ3) is 4.50. The van der Waals surface area contributed by atoms with Gasteiger partial charge in [-0.3, -0.25) is 9.59 Å². The second-order valence-corrected chi connectivity index (χ2v) is 3.74. The first-order valence-electron chi connectivity index (χ1n) is 5.14. The average Bonchev–Trinajstić information content (AvgIpc) is 2.27. The van der Waals surface area contributed by atoms with Gasteiger partial charge in [0, 0.05) is 20.5 Å². The molecule has 0 aliphatic carbocycles. The van der Waals surface area contributed by atoms with Gasteiger partial charge in [0.1, 0.15) is 5.82 Å². The molecule has 1 rings (SSSR count). The van der Waals surface area contributed by atoms with Crippen molar-refractivity contribution in [2.75, 3.05) is 24.3 Å². The van der Waals surface area contributed by atoms with E-state index in [4.69, 9.17) is 5.11 Å². The Morgan fingerprint density at radius 2 is 2.06 bits per heavy atom. The molecule has 2 N–H and O–H groups in total. The summed E-state index contributed by atoms with van der Waals surface area (Å²) in [6.45, 7) is 0. The summed E-state index contributed by atoms with van der Waals surface area (Å²) < 4.78 is 0. The summed E-state index contributed by atoms with van der Waals surface area (Å²) in [5, 5.41) is 11.0. The minimum absolute atomic E-state index is 0.0492. The van der Waals surface area contributed by atoms with Gasteiger partial charge >= 0.3 is 5.97 Å². The molecule has 0 saturated heterocycles. The van der Waals surface area contributed by atoms with Crippen LogP contribution >= 0.6 is 0 Å². The Morgan fingerprint density at radius 1 is 1.35 bits per heavy atom. The largest absolute Gasteiger partial charge is 0.481 e. The highest BCUT2D eigenvalue weighted by molar-refractivity contribution is 5.91. The van der Waals surface area contributed by atoms with E-state index in [1.54, 1.807) is 12.3 Å². The lowest BCUT2D eigenvalue weighted by atomic mass is 10.3. The number of aromatic nitrogens is 1. The van der Waals surface area contributed by atoms with Gasteiger partial charge in [0.25, 0.3) is 0 Å². The highest BCUT2D eigenvalue weighted by atomic mass is 16.4. The van der Waals surface area contributed by atoms with Crippen molar-refractivity contribution in [2.24, 2.45) is 0 Å². The van der Waals surface area contributed by atoms with Gasteiger partial charge in [-0.25, -0.2) is 4.98 Å². The molecule has 1 aromatic heterocycles. The fourth-order valence-corrected chi connectivity index (χ4v) is 1.15. The number of pyridine rings is 1. The molecule has 0 radical (unpaired) electrons. The fourth-order valence-electron chi connectivity index (χ4n) is 1.15. The molecule has 1 aromatic rings. The van der Waals surface area contributed by atoms with Crippen LogP contribution in [0.15, 0.2) is 18.3 Å². The number of nitrogens with one attached hydrogen (secondary N) is 1. The van der Waals surface area contributed by atoms with E-state index in [-0.39, 0.29) is 18.7 Å². The molecule has 0 unspecified atom stereocenters. The van der Waals surface area contributed by atoms with Crippen LogP contribution in [0.3, 0.4) is 0 Å². The predicted octanol–water partition coefficient (Wildman–Crippen LogP) is 0.951. The Labute approximate surface area is 99.3 Å². The molecule has 0 bridgehead atoms. The number of aliphatic carboxylic acids is 1. The molecule has 0 saturated carbocycles. The lowest BCUT2D eigenvalue weighted by molar-refractivity contribution is -0.138. The molecule has 0 spiro atoms. The third-order valence-electron chi connectivity index (χ3n) is 2.10. The van der Waals surface area contributed by atoms with Crippen LogP contribution in [0.25, 0.3) is 0 Å². The zero-order valence-corrected chi connectivity index (χ0v) is 9.80. The standard InChI is InChI=1S/C11H15N3O3/c1-14(2)8-3-4-9(12-7-8)13-10(15)5-6-11(16)17/h3-4,7H,5-6H2,1-2H3,(H,16,17)(H,12,13,15). The van der Waals surface area contributed by atoms with Crippen LogP contribution in [0, 0.1) is 0 Å². The van der Waals surface area contributed by atoms with Crippen LogP contribution in [0.5, 0.6) is 0 Å². The summed E-state index contributed by atoms with van der Waals surface area (Å²) in [4.78, 5) is 27.5. The van der Waals surface area contributed by atoms with Gasteiger partial charge in [-0.05, 0) is 12.1 Å². The van der Waals surface area contributed by atoms with Crippen LogP contribution in [0.1, 0.15) is 12.8 Å². The SMILES string of the molecule is CN(C)c1ccc(NC(=O)CCC(=O)O)nc1. The number of carbonyl (C=O) groups is 2. The van der Waals surface area contributed by atoms with Crippen LogP contribution in [-0.2, 0) is 9.59 Å². The highest BCUT2D eigenvalue weighted by Crippen LogP contribution is 2.12. The van der Waals surface area contributed by atoms with Gasteiger partial charge in [-0.15, -0.1) is 0 Å². The van der Waals surface area contributed by atoms with E-state index in [1.165, 1.54) is 0 Å². The lowest BCUT2D eigenvalue weighted by Crippen LogP contribution is -2.14. The van der Waals surface area contributed by atoms with Crippen molar-refractivity contribution in [3.63, 3.8) is 0 Å². The molecule has 0 aliphatic heterocycles. The van der Waals surface area contributed by atoms with E-state index in [0.717, 1.165) is 5.69 Å². The Bertz CT molecular complexity index is 401. The monoisotopic (exact) mass is 237 g/mol.